The first-order valence-electron chi connectivity index (χ1n) is 14.1. The molecule has 0 aromatic heterocycles. The molecule has 0 radical (unpaired) electrons. The van der Waals surface area contributed by atoms with E-state index in [1.807, 2.05) is 36.4 Å². The summed E-state index contributed by atoms with van der Waals surface area (Å²) < 4.78 is 6.18. The van der Waals surface area contributed by atoms with Gasteiger partial charge in [-0.15, -0.1) is 0 Å². The Kier molecular flexibility index (Phi) is 13.6. The van der Waals surface area contributed by atoms with E-state index < -0.39 is 0 Å². The Balaban J connectivity index is 1.77. The smallest absolute Gasteiger partial charge is 0.255 e. The van der Waals surface area contributed by atoms with Crippen molar-refractivity contribution >= 4 is 11.6 Å². The molecule has 200 valence electrons. The van der Waals surface area contributed by atoms with E-state index in [1.165, 1.54) is 70.6 Å². The molecule has 2 N–H and O–H groups in total. The minimum atomic E-state index is -0.164. The quantitative estimate of drug-likeness (QED) is 0.216. The van der Waals surface area contributed by atoms with Crippen LogP contribution in [0.2, 0.25) is 0 Å². The third-order valence-electron chi connectivity index (χ3n) is 6.67. The highest BCUT2D eigenvalue weighted by atomic mass is 16.5. The average Bonchev–Trinajstić information content (AvgIpc) is 2.86. The fraction of sp³-hybridized carbons (Fsp3) is 0.594. The monoisotopic (exact) mass is 495 g/mol. The molecule has 0 unspecified atom stereocenters. The van der Waals surface area contributed by atoms with Crippen LogP contribution in [0.4, 0.5) is 5.69 Å². The molecule has 2 aromatic carbocycles. The number of carbonyl (C=O) groups is 1. The van der Waals surface area contributed by atoms with E-state index in [2.05, 4.69) is 33.0 Å². The lowest BCUT2D eigenvalue weighted by Crippen LogP contribution is -2.17. The van der Waals surface area contributed by atoms with Crippen LogP contribution in [0.25, 0.3) is 0 Å². The fourth-order valence-corrected chi connectivity index (χ4v) is 4.46. The lowest BCUT2D eigenvalue weighted by Gasteiger charge is -2.23. The lowest BCUT2D eigenvalue weighted by molar-refractivity contribution is 0.102. The Morgan fingerprint density at radius 3 is 2.03 bits per heavy atom. The summed E-state index contributed by atoms with van der Waals surface area (Å²) in [4.78, 5) is 12.9. The van der Waals surface area contributed by atoms with Crippen molar-refractivity contribution in [1.82, 2.24) is 0 Å². The molecule has 0 fully saturated rings. The number of benzene rings is 2. The van der Waals surface area contributed by atoms with Crippen molar-refractivity contribution in [2.24, 2.45) is 0 Å². The number of aliphatic hydroxyl groups excluding tert-OH is 1. The van der Waals surface area contributed by atoms with Crippen LogP contribution in [-0.4, -0.2) is 17.6 Å². The van der Waals surface area contributed by atoms with Gasteiger partial charge in [0.2, 0.25) is 0 Å². The van der Waals surface area contributed by atoms with Crippen LogP contribution in [0.15, 0.2) is 42.5 Å². The molecule has 2 rings (SSSR count). The van der Waals surface area contributed by atoms with E-state index in [4.69, 9.17) is 4.74 Å². The number of unbranched alkanes of at least 4 members (excludes halogenated alkanes) is 11. The highest BCUT2D eigenvalue weighted by Gasteiger charge is 2.21. The Morgan fingerprint density at radius 2 is 1.44 bits per heavy atom. The summed E-state index contributed by atoms with van der Waals surface area (Å²) in [5.41, 5.74) is 2.95. The number of nitrogens with one attached hydrogen (secondary N) is 1. The Hall–Kier alpha value is -2.33. The van der Waals surface area contributed by atoms with Crippen molar-refractivity contribution in [1.29, 1.82) is 0 Å². The average molecular weight is 496 g/mol. The molecular formula is C32H49NO3. The molecule has 0 saturated carbocycles. The molecule has 36 heavy (non-hydrogen) atoms. The van der Waals surface area contributed by atoms with Crippen LogP contribution in [0.1, 0.15) is 126 Å². The zero-order valence-electron chi connectivity index (χ0n) is 23.2. The van der Waals surface area contributed by atoms with E-state index in [1.54, 1.807) is 6.07 Å². The predicted octanol–water partition coefficient (Wildman–Crippen LogP) is 8.81. The zero-order chi connectivity index (χ0) is 26.2. The van der Waals surface area contributed by atoms with Gasteiger partial charge in [-0.05, 0) is 47.7 Å². The summed E-state index contributed by atoms with van der Waals surface area (Å²) in [5, 5.41) is 12.3. The van der Waals surface area contributed by atoms with Crippen molar-refractivity contribution in [2.45, 2.75) is 117 Å². The molecule has 0 aliphatic carbocycles. The van der Waals surface area contributed by atoms with E-state index in [9.17, 15) is 9.90 Å². The van der Waals surface area contributed by atoms with E-state index >= 15 is 0 Å². The summed E-state index contributed by atoms with van der Waals surface area (Å²) in [5.74, 6) is 0.701. The summed E-state index contributed by atoms with van der Waals surface area (Å²) in [6.07, 6.45) is 15.9. The van der Waals surface area contributed by atoms with Crippen molar-refractivity contribution in [3.05, 3.63) is 59.2 Å². The summed E-state index contributed by atoms with van der Waals surface area (Å²) >= 11 is 0. The van der Waals surface area contributed by atoms with Gasteiger partial charge in [0.05, 0.1) is 13.2 Å². The summed E-state index contributed by atoms with van der Waals surface area (Å²) in [6, 6.07) is 13.0. The first kappa shape index (κ1) is 29.9. The van der Waals surface area contributed by atoms with Crippen molar-refractivity contribution in [2.75, 3.05) is 11.9 Å². The van der Waals surface area contributed by atoms with Gasteiger partial charge in [0, 0.05) is 16.8 Å². The normalized spacial score (nSPS) is 11.5. The Labute approximate surface area is 219 Å². The van der Waals surface area contributed by atoms with Gasteiger partial charge in [-0.3, -0.25) is 4.79 Å². The highest BCUT2D eigenvalue weighted by Crippen LogP contribution is 2.32. The van der Waals surface area contributed by atoms with Crippen molar-refractivity contribution < 1.29 is 14.6 Å². The highest BCUT2D eigenvalue weighted by molar-refractivity contribution is 6.04. The molecule has 4 nitrogen and oxygen atoms in total. The first-order chi connectivity index (χ1) is 17.3. The summed E-state index contributed by atoms with van der Waals surface area (Å²) in [7, 11) is 0. The molecule has 0 saturated heterocycles. The molecule has 1 amide bonds. The number of hydrogen-bond donors (Lipinski definition) is 2. The zero-order valence-corrected chi connectivity index (χ0v) is 23.2. The van der Waals surface area contributed by atoms with E-state index in [-0.39, 0.29) is 17.9 Å². The molecule has 2 aromatic rings. The van der Waals surface area contributed by atoms with Gasteiger partial charge in [-0.25, -0.2) is 0 Å². The van der Waals surface area contributed by atoms with Gasteiger partial charge in [0.15, 0.2) is 0 Å². The van der Waals surface area contributed by atoms with Crippen LogP contribution < -0.4 is 10.1 Å². The Bertz CT molecular complexity index is 901. The van der Waals surface area contributed by atoms with Gasteiger partial charge in [0.1, 0.15) is 5.75 Å². The number of carbonyl (C=O) groups excluding carboxylic acids is 1. The number of amides is 1. The van der Waals surface area contributed by atoms with Gasteiger partial charge < -0.3 is 15.2 Å². The second kappa shape index (κ2) is 16.4. The maximum atomic E-state index is 12.9. The third kappa shape index (κ3) is 11.2. The number of aliphatic hydroxyl groups is 1. The molecule has 4 heteroatoms. The standard InChI is InChI=1S/C32H49NO3/c1-5-6-7-8-9-10-11-12-13-14-15-16-22-36-30-21-20-27(24-29(30)32(2,3)4)31(35)33-28-19-17-18-26(23-28)25-34/h17-21,23-24,34H,5-16,22,25H2,1-4H3,(H,33,35). The number of hydrogen-bond acceptors (Lipinski definition) is 3. The summed E-state index contributed by atoms with van der Waals surface area (Å²) in [6.45, 7) is 9.36. The minimum Gasteiger partial charge on any atom is -0.493 e. The van der Waals surface area contributed by atoms with Crippen LogP contribution in [0.3, 0.4) is 0 Å². The number of anilines is 1. The molecule has 0 atom stereocenters. The molecule has 0 bridgehead atoms. The van der Waals surface area contributed by atoms with E-state index in [0.717, 1.165) is 23.3 Å². The number of ether oxygens (including phenoxy) is 1. The van der Waals surface area contributed by atoms with Crippen LogP contribution in [0.5, 0.6) is 5.75 Å². The number of rotatable bonds is 17. The predicted molar refractivity (Wildman–Crippen MR) is 152 cm³/mol. The van der Waals surface area contributed by atoms with Crippen molar-refractivity contribution in [3.8, 4) is 5.75 Å². The van der Waals surface area contributed by atoms with Crippen LogP contribution in [-0.2, 0) is 12.0 Å². The lowest BCUT2D eigenvalue weighted by atomic mass is 9.85. The minimum absolute atomic E-state index is 0.0525. The molecular weight excluding hydrogens is 446 g/mol. The van der Waals surface area contributed by atoms with Gasteiger partial charge in [-0.1, -0.05) is 110 Å². The molecule has 0 aliphatic heterocycles. The van der Waals surface area contributed by atoms with Gasteiger partial charge in [0.25, 0.3) is 5.91 Å². The largest absolute Gasteiger partial charge is 0.493 e. The third-order valence-corrected chi connectivity index (χ3v) is 6.67. The van der Waals surface area contributed by atoms with E-state index in [0.29, 0.717) is 17.9 Å². The first-order valence-corrected chi connectivity index (χ1v) is 14.1. The van der Waals surface area contributed by atoms with Crippen LogP contribution >= 0.6 is 0 Å². The maximum Gasteiger partial charge on any atom is 0.255 e. The SMILES string of the molecule is CCCCCCCCCCCCCCOc1ccc(C(=O)Nc2cccc(CO)c2)cc1C(C)(C)C. The molecule has 0 heterocycles. The molecule has 0 aliphatic rings. The molecule has 0 spiro atoms. The van der Waals surface area contributed by atoms with Gasteiger partial charge in [-0.2, -0.15) is 0 Å². The van der Waals surface area contributed by atoms with Crippen LogP contribution in [0, 0.1) is 0 Å². The second-order valence-electron chi connectivity index (χ2n) is 11.0. The van der Waals surface area contributed by atoms with Crippen molar-refractivity contribution in [3.63, 3.8) is 0 Å². The second-order valence-corrected chi connectivity index (χ2v) is 11.0. The topological polar surface area (TPSA) is 58.6 Å². The fourth-order valence-electron chi connectivity index (χ4n) is 4.46. The van der Waals surface area contributed by atoms with Gasteiger partial charge >= 0.3 is 0 Å². The Morgan fingerprint density at radius 1 is 0.833 bits per heavy atom. The maximum absolute atomic E-state index is 12.9.